The molecule has 2 unspecified atom stereocenters. The molecule has 0 saturated carbocycles. The highest BCUT2D eigenvalue weighted by Gasteiger charge is 2.27. The van der Waals surface area contributed by atoms with Crippen LogP contribution in [0.4, 0.5) is 0 Å². The van der Waals surface area contributed by atoms with Gasteiger partial charge < -0.3 is 10.5 Å². The van der Waals surface area contributed by atoms with Crippen LogP contribution in [-0.4, -0.2) is 23.0 Å². The van der Waals surface area contributed by atoms with E-state index in [9.17, 15) is 0 Å². The van der Waals surface area contributed by atoms with Crippen LogP contribution in [0.1, 0.15) is 25.1 Å². The molecule has 2 atom stereocenters. The second kappa shape index (κ2) is 4.63. The smallest absolute Gasteiger partial charge is 0.0697 e. The molecule has 1 aliphatic rings. The van der Waals surface area contributed by atoms with E-state index in [1.807, 2.05) is 10.9 Å². The summed E-state index contributed by atoms with van der Waals surface area (Å²) in [6.45, 7) is 4.52. The molecule has 1 aliphatic heterocycles. The van der Waals surface area contributed by atoms with Crippen molar-refractivity contribution in [3.63, 3.8) is 0 Å². The monoisotopic (exact) mass is 273 g/mol. The normalized spacial score (nSPS) is 23.3. The largest absolute Gasteiger partial charge is 0.381 e. The van der Waals surface area contributed by atoms with Crippen LogP contribution in [0.2, 0.25) is 0 Å². The molecular weight excluding hydrogens is 258 g/mol. The van der Waals surface area contributed by atoms with E-state index < -0.39 is 0 Å². The van der Waals surface area contributed by atoms with Crippen molar-refractivity contribution in [2.45, 2.75) is 25.9 Å². The van der Waals surface area contributed by atoms with E-state index in [-0.39, 0.29) is 6.04 Å². The highest BCUT2D eigenvalue weighted by atomic mass is 79.9. The van der Waals surface area contributed by atoms with Crippen LogP contribution in [-0.2, 0) is 11.3 Å². The van der Waals surface area contributed by atoms with Gasteiger partial charge in [0.1, 0.15) is 0 Å². The summed E-state index contributed by atoms with van der Waals surface area (Å²) in [5.74, 6) is 0.420. The maximum atomic E-state index is 6.25. The Morgan fingerprint density at radius 1 is 1.80 bits per heavy atom. The molecule has 1 fully saturated rings. The molecule has 0 bridgehead atoms. The predicted octanol–water partition coefficient (Wildman–Crippen LogP) is 1.70. The number of ether oxygens (including phenoxy) is 1. The van der Waals surface area contributed by atoms with E-state index in [2.05, 4.69) is 28.0 Å². The van der Waals surface area contributed by atoms with E-state index in [0.717, 1.165) is 36.3 Å². The summed E-state index contributed by atoms with van der Waals surface area (Å²) >= 11 is 3.50. The van der Waals surface area contributed by atoms with Crippen molar-refractivity contribution in [1.82, 2.24) is 9.78 Å². The molecule has 0 spiro atoms. The van der Waals surface area contributed by atoms with E-state index in [1.54, 1.807) is 0 Å². The molecule has 1 saturated heterocycles. The Morgan fingerprint density at radius 2 is 2.60 bits per heavy atom. The Bertz CT molecular complexity index is 333. The van der Waals surface area contributed by atoms with Crippen LogP contribution in [0.15, 0.2) is 10.7 Å². The number of rotatable bonds is 3. The third-order valence-electron chi connectivity index (χ3n) is 2.92. The number of hydrogen-bond acceptors (Lipinski definition) is 3. The molecule has 0 aliphatic carbocycles. The molecule has 15 heavy (non-hydrogen) atoms. The Labute approximate surface area is 97.9 Å². The van der Waals surface area contributed by atoms with Gasteiger partial charge in [0.2, 0.25) is 0 Å². The summed E-state index contributed by atoms with van der Waals surface area (Å²) in [6, 6.07) is 0.0179. The van der Waals surface area contributed by atoms with Crippen molar-refractivity contribution in [1.29, 1.82) is 0 Å². The van der Waals surface area contributed by atoms with E-state index in [0.29, 0.717) is 5.92 Å². The second-order valence-corrected chi connectivity index (χ2v) is 4.70. The molecule has 5 heteroatoms. The van der Waals surface area contributed by atoms with Crippen molar-refractivity contribution in [2.75, 3.05) is 13.2 Å². The fourth-order valence-corrected chi connectivity index (χ4v) is 2.58. The number of nitrogens with zero attached hydrogens (tertiary/aromatic N) is 2. The van der Waals surface area contributed by atoms with Crippen LogP contribution >= 0.6 is 15.9 Å². The first-order chi connectivity index (χ1) is 7.24. The SMILES string of the molecule is CCn1ncc(Br)c1C(N)C1CCOC1. The highest BCUT2D eigenvalue weighted by molar-refractivity contribution is 9.10. The zero-order valence-electron chi connectivity index (χ0n) is 8.82. The number of hydrogen-bond donors (Lipinski definition) is 1. The van der Waals surface area contributed by atoms with E-state index >= 15 is 0 Å². The number of aromatic nitrogens is 2. The van der Waals surface area contributed by atoms with Crippen LogP contribution in [0.25, 0.3) is 0 Å². The van der Waals surface area contributed by atoms with Crippen molar-refractivity contribution >= 4 is 15.9 Å². The molecule has 1 aromatic rings. The van der Waals surface area contributed by atoms with Gasteiger partial charge in [0.05, 0.1) is 29.0 Å². The van der Waals surface area contributed by atoms with Gasteiger partial charge in [-0.25, -0.2) is 0 Å². The summed E-state index contributed by atoms with van der Waals surface area (Å²) in [6.07, 6.45) is 2.86. The van der Waals surface area contributed by atoms with Gasteiger partial charge in [0.15, 0.2) is 0 Å². The van der Waals surface area contributed by atoms with Gasteiger partial charge in [0, 0.05) is 19.1 Å². The molecule has 2 rings (SSSR count). The fourth-order valence-electron chi connectivity index (χ4n) is 2.01. The topological polar surface area (TPSA) is 53.1 Å². The minimum atomic E-state index is 0.0179. The van der Waals surface area contributed by atoms with Crippen LogP contribution in [0.5, 0.6) is 0 Å². The van der Waals surface area contributed by atoms with Gasteiger partial charge in [-0.3, -0.25) is 4.68 Å². The summed E-state index contributed by atoms with van der Waals surface area (Å²) in [5.41, 5.74) is 7.34. The van der Waals surface area contributed by atoms with Gasteiger partial charge in [0.25, 0.3) is 0 Å². The Morgan fingerprint density at radius 3 is 3.20 bits per heavy atom. The molecule has 2 heterocycles. The third-order valence-corrected chi connectivity index (χ3v) is 3.53. The molecule has 0 aromatic carbocycles. The van der Waals surface area contributed by atoms with Gasteiger partial charge >= 0.3 is 0 Å². The summed E-state index contributed by atoms with van der Waals surface area (Å²) in [7, 11) is 0. The molecular formula is C10H16BrN3O. The lowest BCUT2D eigenvalue weighted by Gasteiger charge is -2.19. The minimum absolute atomic E-state index is 0.0179. The molecule has 84 valence electrons. The number of nitrogens with two attached hydrogens (primary N) is 1. The average molecular weight is 274 g/mol. The fraction of sp³-hybridized carbons (Fsp3) is 0.700. The van der Waals surface area contributed by atoms with Crippen molar-refractivity contribution in [2.24, 2.45) is 11.7 Å². The Hall–Kier alpha value is -0.390. The molecule has 0 amide bonds. The zero-order valence-corrected chi connectivity index (χ0v) is 10.4. The first-order valence-corrected chi connectivity index (χ1v) is 6.07. The first-order valence-electron chi connectivity index (χ1n) is 5.28. The van der Waals surface area contributed by atoms with Gasteiger partial charge in [-0.15, -0.1) is 0 Å². The molecule has 0 radical (unpaired) electrons. The van der Waals surface area contributed by atoms with Crippen molar-refractivity contribution in [3.8, 4) is 0 Å². The highest BCUT2D eigenvalue weighted by Crippen LogP contribution is 2.31. The van der Waals surface area contributed by atoms with Gasteiger partial charge in [-0.05, 0) is 29.3 Å². The summed E-state index contributed by atoms with van der Waals surface area (Å²) in [5, 5.41) is 4.28. The maximum absolute atomic E-state index is 6.25. The van der Waals surface area contributed by atoms with Crippen LogP contribution in [0.3, 0.4) is 0 Å². The standard InChI is InChI=1S/C10H16BrN3O/c1-2-14-10(8(11)5-13-14)9(12)7-3-4-15-6-7/h5,7,9H,2-4,6,12H2,1H3. The Kier molecular flexibility index (Phi) is 3.43. The lowest BCUT2D eigenvalue weighted by Crippen LogP contribution is -2.25. The third kappa shape index (κ3) is 2.09. The maximum Gasteiger partial charge on any atom is 0.0697 e. The first kappa shape index (κ1) is 11.1. The predicted molar refractivity (Wildman–Crippen MR) is 61.5 cm³/mol. The minimum Gasteiger partial charge on any atom is -0.381 e. The van der Waals surface area contributed by atoms with Crippen molar-refractivity contribution < 1.29 is 4.74 Å². The summed E-state index contributed by atoms with van der Waals surface area (Å²) in [4.78, 5) is 0. The van der Waals surface area contributed by atoms with Gasteiger partial charge in [-0.2, -0.15) is 5.10 Å². The Balaban J connectivity index is 2.22. The zero-order chi connectivity index (χ0) is 10.8. The van der Waals surface area contributed by atoms with E-state index in [1.165, 1.54) is 0 Å². The quantitative estimate of drug-likeness (QED) is 0.912. The lowest BCUT2D eigenvalue weighted by molar-refractivity contribution is 0.180. The molecule has 4 nitrogen and oxygen atoms in total. The number of aryl methyl sites for hydroxylation is 1. The number of halogens is 1. The lowest BCUT2D eigenvalue weighted by atomic mass is 9.97. The van der Waals surface area contributed by atoms with Crippen molar-refractivity contribution in [3.05, 3.63) is 16.4 Å². The van der Waals surface area contributed by atoms with Gasteiger partial charge in [-0.1, -0.05) is 0 Å². The second-order valence-electron chi connectivity index (χ2n) is 3.84. The molecule has 1 aromatic heterocycles. The van der Waals surface area contributed by atoms with Crippen LogP contribution < -0.4 is 5.73 Å². The molecule has 2 N–H and O–H groups in total. The van der Waals surface area contributed by atoms with E-state index in [4.69, 9.17) is 10.5 Å². The van der Waals surface area contributed by atoms with Crippen LogP contribution in [0, 0.1) is 5.92 Å². The average Bonchev–Trinajstić information content (AvgIpc) is 2.85. The summed E-state index contributed by atoms with van der Waals surface area (Å²) < 4.78 is 8.32.